The molecule has 2 rings (SSSR count). The van der Waals surface area contributed by atoms with E-state index in [0.717, 1.165) is 18.3 Å². The molecule has 3 nitrogen and oxygen atoms in total. The Morgan fingerprint density at radius 2 is 2.39 bits per heavy atom. The lowest BCUT2D eigenvalue weighted by atomic mass is 10.2. The highest BCUT2D eigenvalue weighted by Crippen LogP contribution is 2.27. The van der Waals surface area contributed by atoms with Gasteiger partial charge < -0.3 is 10.2 Å². The molecular formula is C13H23N3S2. The molecule has 0 spiro atoms. The van der Waals surface area contributed by atoms with Crippen LogP contribution >= 0.6 is 23.1 Å². The molecule has 1 saturated heterocycles. The predicted molar refractivity (Wildman–Crippen MR) is 82.9 cm³/mol. The van der Waals surface area contributed by atoms with Gasteiger partial charge in [-0.15, -0.1) is 11.3 Å². The zero-order valence-corrected chi connectivity index (χ0v) is 12.9. The summed E-state index contributed by atoms with van der Waals surface area (Å²) in [5.74, 6) is 0. The lowest BCUT2D eigenvalue weighted by Gasteiger charge is -2.19. The average Bonchev–Trinajstić information content (AvgIpc) is 2.73. The molecule has 1 aliphatic heterocycles. The highest BCUT2D eigenvalue weighted by molar-refractivity contribution is 7.99. The van der Waals surface area contributed by atoms with Gasteiger partial charge in [0, 0.05) is 30.3 Å². The summed E-state index contributed by atoms with van der Waals surface area (Å²) in [6.45, 7) is 6.37. The Bertz CT molecular complexity index is 354. The molecule has 0 aromatic carbocycles. The van der Waals surface area contributed by atoms with Crippen molar-refractivity contribution in [3.05, 3.63) is 11.1 Å². The molecule has 18 heavy (non-hydrogen) atoms. The van der Waals surface area contributed by atoms with Crippen molar-refractivity contribution in [2.45, 2.75) is 38.0 Å². The van der Waals surface area contributed by atoms with Crippen LogP contribution in [0.4, 0.5) is 5.13 Å². The molecule has 1 N–H and O–H groups in total. The number of nitrogens with zero attached hydrogens (tertiary/aromatic N) is 2. The van der Waals surface area contributed by atoms with Gasteiger partial charge in [-0.3, -0.25) is 0 Å². The molecular weight excluding hydrogens is 262 g/mol. The summed E-state index contributed by atoms with van der Waals surface area (Å²) in [6.07, 6.45) is 6.18. The van der Waals surface area contributed by atoms with Crippen LogP contribution in [0, 0.1) is 0 Å². The van der Waals surface area contributed by atoms with E-state index in [9.17, 15) is 0 Å². The van der Waals surface area contributed by atoms with Crippen molar-refractivity contribution in [3.8, 4) is 0 Å². The van der Waals surface area contributed by atoms with Crippen LogP contribution in [-0.4, -0.2) is 36.1 Å². The smallest absolute Gasteiger partial charge is 0.185 e. The van der Waals surface area contributed by atoms with E-state index < -0.39 is 0 Å². The summed E-state index contributed by atoms with van der Waals surface area (Å²) < 4.78 is 0. The number of thioether (sulfide) groups is 1. The van der Waals surface area contributed by atoms with Gasteiger partial charge in [0.15, 0.2) is 5.13 Å². The van der Waals surface area contributed by atoms with Crippen LogP contribution in [0.1, 0.15) is 31.9 Å². The Balaban J connectivity index is 1.92. The fraction of sp³-hybridized carbons (Fsp3) is 0.769. The van der Waals surface area contributed by atoms with Gasteiger partial charge in [0.25, 0.3) is 0 Å². The second kappa shape index (κ2) is 7.36. The number of rotatable bonds is 5. The third kappa shape index (κ3) is 3.87. The van der Waals surface area contributed by atoms with E-state index in [1.165, 1.54) is 43.2 Å². The summed E-state index contributed by atoms with van der Waals surface area (Å²) in [6, 6.07) is 0. The molecule has 1 aromatic heterocycles. The quantitative estimate of drug-likeness (QED) is 0.900. The van der Waals surface area contributed by atoms with Crippen LogP contribution in [-0.2, 0) is 6.54 Å². The number of anilines is 1. The maximum absolute atomic E-state index is 4.74. The van der Waals surface area contributed by atoms with Crippen LogP contribution in [0.2, 0.25) is 0 Å². The van der Waals surface area contributed by atoms with Crippen molar-refractivity contribution in [1.82, 2.24) is 10.3 Å². The zero-order chi connectivity index (χ0) is 12.8. The van der Waals surface area contributed by atoms with Gasteiger partial charge in [-0.2, -0.15) is 11.8 Å². The standard InChI is InChI=1S/C13H23N3S2/c1-3-14-9-11-10-18-13(15-11)16-7-4-5-12(17-2)6-8-16/h10,12,14H,3-9H2,1-2H3. The first-order chi connectivity index (χ1) is 8.83. The molecule has 2 heterocycles. The molecule has 1 atom stereocenters. The molecule has 0 amide bonds. The van der Waals surface area contributed by atoms with Crippen LogP contribution in [0.15, 0.2) is 5.38 Å². The minimum atomic E-state index is 0.844. The fourth-order valence-electron chi connectivity index (χ4n) is 2.27. The molecule has 0 saturated carbocycles. The molecule has 1 aliphatic rings. The Labute approximate surface area is 118 Å². The van der Waals surface area contributed by atoms with Crippen molar-refractivity contribution < 1.29 is 0 Å². The third-order valence-corrected chi connectivity index (χ3v) is 5.46. The first kappa shape index (κ1) is 14.2. The monoisotopic (exact) mass is 285 g/mol. The van der Waals surface area contributed by atoms with E-state index in [-0.39, 0.29) is 0 Å². The molecule has 5 heteroatoms. The predicted octanol–water partition coefficient (Wildman–Crippen LogP) is 2.97. The number of thiazole rings is 1. The van der Waals surface area contributed by atoms with E-state index in [2.05, 4.69) is 28.8 Å². The van der Waals surface area contributed by atoms with E-state index in [1.807, 2.05) is 11.8 Å². The first-order valence-corrected chi connectivity index (χ1v) is 8.93. The normalized spacial score (nSPS) is 21.0. The van der Waals surface area contributed by atoms with Gasteiger partial charge in [0.1, 0.15) is 0 Å². The van der Waals surface area contributed by atoms with E-state index in [4.69, 9.17) is 4.98 Å². The van der Waals surface area contributed by atoms with Crippen molar-refractivity contribution >= 4 is 28.2 Å². The van der Waals surface area contributed by atoms with Gasteiger partial charge >= 0.3 is 0 Å². The minimum Gasteiger partial charge on any atom is -0.348 e. The summed E-state index contributed by atoms with van der Waals surface area (Å²) in [7, 11) is 0. The van der Waals surface area contributed by atoms with Gasteiger partial charge in [0.05, 0.1) is 5.69 Å². The van der Waals surface area contributed by atoms with Crippen LogP contribution < -0.4 is 10.2 Å². The second-order valence-corrected chi connectivity index (χ2v) is 6.65. The van der Waals surface area contributed by atoms with Crippen LogP contribution in [0.3, 0.4) is 0 Å². The fourth-order valence-corrected chi connectivity index (χ4v) is 3.89. The largest absolute Gasteiger partial charge is 0.348 e. The number of hydrogen-bond acceptors (Lipinski definition) is 5. The zero-order valence-electron chi connectivity index (χ0n) is 11.3. The van der Waals surface area contributed by atoms with Gasteiger partial charge in [-0.25, -0.2) is 4.98 Å². The molecule has 0 radical (unpaired) electrons. The molecule has 1 unspecified atom stereocenters. The van der Waals surface area contributed by atoms with Gasteiger partial charge in [-0.05, 0) is 32.1 Å². The Morgan fingerprint density at radius 1 is 1.50 bits per heavy atom. The summed E-state index contributed by atoms with van der Waals surface area (Å²) in [5.41, 5.74) is 1.18. The molecule has 0 aliphatic carbocycles. The van der Waals surface area contributed by atoms with E-state index >= 15 is 0 Å². The van der Waals surface area contributed by atoms with Gasteiger partial charge in [-0.1, -0.05) is 6.92 Å². The number of nitrogens with one attached hydrogen (secondary N) is 1. The van der Waals surface area contributed by atoms with E-state index in [1.54, 1.807) is 11.3 Å². The second-order valence-electron chi connectivity index (χ2n) is 4.68. The number of hydrogen-bond donors (Lipinski definition) is 1. The summed E-state index contributed by atoms with van der Waals surface area (Å²) in [4.78, 5) is 7.21. The Kier molecular flexibility index (Phi) is 5.79. The van der Waals surface area contributed by atoms with Crippen molar-refractivity contribution in [2.24, 2.45) is 0 Å². The van der Waals surface area contributed by atoms with Crippen LogP contribution in [0.25, 0.3) is 0 Å². The number of aromatic nitrogens is 1. The van der Waals surface area contributed by atoms with Gasteiger partial charge in [0.2, 0.25) is 0 Å². The Morgan fingerprint density at radius 3 is 3.17 bits per heavy atom. The molecule has 102 valence electrons. The Hall–Kier alpha value is -0.260. The third-order valence-electron chi connectivity index (χ3n) is 3.37. The highest BCUT2D eigenvalue weighted by atomic mass is 32.2. The highest BCUT2D eigenvalue weighted by Gasteiger charge is 2.18. The van der Waals surface area contributed by atoms with Crippen LogP contribution in [0.5, 0.6) is 0 Å². The average molecular weight is 285 g/mol. The maximum Gasteiger partial charge on any atom is 0.185 e. The van der Waals surface area contributed by atoms with Crippen molar-refractivity contribution in [2.75, 3.05) is 30.8 Å². The minimum absolute atomic E-state index is 0.844. The summed E-state index contributed by atoms with van der Waals surface area (Å²) in [5, 5.41) is 7.58. The first-order valence-electron chi connectivity index (χ1n) is 6.76. The lowest BCUT2D eigenvalue weighted by Crippen LogP contribution is -2.24. The lowest BCUT2D eigenvalue weighted by molar-refractivity contribution is 0.710. The SMILES string of the molecule is CCNCc1csc(N2CCCC(SC)CC2)n1. The van der Waals surface area contributed by atoms with Crippen molar-refractivity contribution in [3.63, 3.8) is 0 Å². The topological polar surface area (TPSA) is 28.2 Å². The molecule has 1 fully saturated rings. The maximum atomic E-state index is 4.74. The molecule has 1 aromatic rings. The molecule has 0 bridgehead atoms. The van der Waals surface area contributed by atoms with E-state index in [0.29, 0.717) is 0 Å². The van der Waals surface area contributed by atoms with Crippen molar-refractivity contribution in [1.29, 1.82) is 0 Å². The summed E-state index contributed by atoms with van der Waals surface area (Å²) >= 11 is 3.81.